The molecule has 0 amide bonds. The first-order chi connectivity index (χ1) is 8.09. The number of anilines is 1. The third kappa shape index (κ3) is 2.97. The highest BCUT2D eigenvalue weighted by Gasteiger charge is 2.28. The molecule has 1 saturated carbocycles. The SMILES string of the molecule is CC(C)NCc1c(F)cccc1N(C)C1CC1. The van der Waals surface area contributed by atoms with Crippen molar-refractivity contribution in [3.05, 3.63) is 29.6 Å². The van der Waals surface area contributed by atoms with E-state index in [1.807, 2.05) is 6.07 Å². The van der Waals surface area contributed by atoms with Crippen LogP contribution in [0.5, 0.6) is 0 Å². The van der Waals surface area contributed by atoms with Gasteiger partial charge in [-0.2, -0.15) is 0 Å². The molecule has 94 valence electrons. The molecule has 1 aromatic carbocycles. The van der Waals surface area contributed by atoms with Crippen LogP contribution in [0.1, 0.15) is 32.3 Å². The number of halogens is 1. The van der Waals surface area contributed by atoms with Crippen LogP contribution in [0.3, 0.4) is 0 Å². The van der Waals surface area contributed by atoms with Crippen LogP contribution in [0.4, 0.5) is 10.1 Å². The molecule has 0 atom stereocenters. The van der Waals surface area contributed by atoms with Gasteiger partial charge in [-0.1, -0.05) is 19.9 Å². The summed E-state index contributed by atoms with van der Waals surface area (Å²) in [5.41, 5.74) is 1.82. The molecule has 0 unspecified atom stereocenters. The van der Waals surface area contributed by atoms with Crippen molar-refractivity contribution in [2.45, 2.75) is 45.3 Å². The molecule has 0 spiro atoms. The number of benzene rings is 1. The maximum Gasteiger partial charge on any atom is 0.129 e. The first-order valence-corrected chi connectivity index (χ1v) is 6.33. The van der Waals surface area contributed by atoms with Gasteiger partial charge < -0.3 is 10.2 Å². The summed E-state index contributed by atoms with van der Waals surface area (Å²) in [6.45, 7) is 4.74. The lowest BCUT2D eigenvalue weighted by atomic mass is 10.1. The van der Waals surface area contributed by atoms with E-state index >= 15 is 0 Å². The molecule has 1 aromatic rings. The lowest BCUT2D eigenvalue weighted by Gasteiger charge is -2.23. The summed E-state index contributed by atoms with van der Waals surface area (Å²) in [6, 6.07) is 6.33. The van der Waals surface area contributed by atoms with Crippen molar-refractivity contribution in [1.29, 1.82) is 0 Å². The van der Waals surface area contributed by atoms with Gasteiger partial charge >= 0.3 is 0 Å². The number of hydrogen-bond donors (Lipinski definition) is 1. The maximum atomic E-state index is 13.9. The van der Waals surface area contributed by atoms with E-state index in [2.05, 4.69) is 31.1 Å². The second kappa shape index (κ2) is 5.05. The monoisotopic (exact) mass is 236 g/mol. The van der Waals surface area contributed by atoms with E-state index in [0.29, 0.717) is 18.6 Å². The zero-order valence-electron chi connectivity index (χ0n) is 10.8. The van der Waals surface area contributed by atoms with Crippen molar-refractivity contribution >= 4 is 5.69 Å². The zero-order chi connectivity index (χ0) is 12.4. The average Bonchev–Trinajstić information content (AvgIpc) is 3.09. The van der Waals surface area contributed by atoms with Crippen LogP contribution in [0, 0.1) is 5.82 Å². The number of rotatable bonds is 5. The van der Waals surface area contributed by atoms with Gasteiger partial charge in [-0.05, 0) is 25.0 Å². The first-order valence-electron chi connectivity index (χ1n) is 6.33. The van der Waals surface area contributed by atoms with Crippen LogP contribution >= 0.6 is 0 Å². The van der Waals surface area contributed by atoms with E-state index in [9.17, 15) is 4.39 Å². The van der Waals surface area contributed by atoms with Crippen LogP contribution < -0.4 is 10.2 Å². The normalized spacial score (nSPS) is 15.4. The van der Waals surface area contributed by atoms with E-state index in [1.54, 1.807) is 12.1 Å². The summed E-state index contributed by atoms with van der Waals surface area (Å²) in [5, 5.41) is 3.29. The number of hydrogen-bond acceptors (Lipinski definition) is 2. The summed E-state index contributed by atoms with van der Waals surface area (Å²) in [5.74, 6) is -0.108. The van der Waals surface area contributed by atoms with Crippen molar-refractivity contribution in [2.75, 3.05) is 11.9 Å². The lowest BCUT2D eigenvalue weighted by Crippen LogP contribution is -2.26. The summed E-state index contributed by atoms with van der Waals surface area (Å²) >= 11 is 0. The molecule has 0 saturated heterocycles. The Morgan fingerprint density at radius 3 is 2.71 bits per heavy atom. The van der Waals surface area contributed by atoms with Gasteiger partial charge in [-0.15, -0.1) is 0 Å². The largest absolute Gasteiger partial charge is 0.371 e. The van der Waals surface area contributed by atoms with Crippen molar-refractivity contribution in [2.24, 2.45) is 0 Å². The molecule has 0 radical (unpaired) electrons. The Labute approximate surface area is 103 Å². The molecule has 2 nitrogen and oxygen atoms in total. The van der Waals surface area contributed by atoms with E-state index in [0.717, 1.165) is 11.3 Å². The van der Waals surface area contributed by atoms with Crippen molar-refractivity contribution in [1.82, 2.24) is 5.32 Å². The van der Waals surface area contributed by atoms with Gasteiger partial charge in [0.2, 0.25) is 0 Å². The fraction of sp³-hybridized carbons (Fsp3) is 0.571. The van der Waals surface area contributed by atoms with Crippen LogP contribution in [0.25, 0.3) is 0 Å². The molecule has 1 aliphatic carbocycles. The van der Waals surface area contributed by atoms with Crippen LogP contribution in [-0.4, -0.2) is 19.1 Å². The fourth-order valence-electron chi connectivity index (χ4n) is 2.02. The number of nitrogens with zero attached hydrogens (tertiary/aromatic N) is 1. The standard InChI is InChI=1S/C14H21FN2/c1-10(2)16-9-12-13(15)5-4-6-14(12)17(3)11-7-8-11/h4-6,10-11,16H,7-9H2,1-3H3. The van der Waals surface area contributed by atoms with E-state index in [1.165, 1.54) is 12.8 Å². The van der Waals surface area contributed by atoms with Crippen molar-refractivity contribution in [3.63, 3.8) is 0 Å². The number of nitrogens with one attached hydrogen (secondary N) is 1. The predicted octanol–water partition coefficient (Wildman–Crippen LogP) is 2.92. The quantitative estimate of drug-likeness (QED) is 0.845. The van der Waals surface area contributed by atoms with Gasteiger partial charge in [0.05, 0.1) is 0 Å². The maximum absolute atomic E-state index is 13.9. The van der Waals surface area contributed by atoms with E-state index < -0.39 is 0 Å². The molecule has 0 heterocycles. The topological polar surface area (TPSA) is 15.3 Å². The molecule has 2 rings (SSSR count). The molecule has 0 bridgehead atoms. The molecule has 3 heteroatoms. The van der Waals surface area contributed by atoms with Crippen LogP contribution in [0.2, 0.25) is 0 Å². The van der Waals surface area contributed by atoms with Gasteiger partial charge in [0.1, 0.15) is 5.82 Å². The third-order valence-corrected chi connectivity index (χ3v) is 3.26. The summed E-state index contributed by atoms with van der Waals surface area (Å²) in [7, 11) is 2.06. The van der Waals surface area contributed by atoms with Crippen LogP contribution in [0.15, 0.2) is 18.2 Å². The Morgan fingerprint density at radius 1 is 1.41 bits per heavy atom. The summed E-state index contributed by atoms with van der Waals surface area (Å²) in [6.07, 6.45) is 2.45. The highest BCUT2D eigenvalue weighted by Crippen LogP contribution is 2.32. The highest BCUT2D eigenvalue weighted by atomic mass is 19.1. The Hall–Kier alpha value is -1.09. The fourth-order valence-corrected chi connectivity index (χ4v) is 2.02. The van der Waals surface area contributed by atoms with Gasteiger partial charge in [0.25, 0.3) is 0 Å². The second-order valence-corrected chi connectivity index (χ2v) is 5.12. The lowest BCUT2D eigenvalue weighted by molar-refractivity contribution is 0.552. The van der Waals surface area contributed by atoms with Crippen molar-refractivity contribution < 1.29 is 4.39 Å². The minimum absolute atomic E-state index is 0.108. The third-order valence-electron chi connectivity index (χ3n) is 3.26. The Kier molecular flexibility index (Phi) is 3.67. The Bertz CT molecular complexity index is 386. The van der Waals surface area contributed by atoms with Gasteiger partial charge in [0.15, 0.2) is 0 Å². The molecular weight excluding hydrogens is 215 g/mol. The second-order valence-electron chi connectivity index (χ2n) is 5.12. The van der Waals surface area contributed by atoms with E-state index in [-0.39, 0.29) is 5.82 Å². The van der Waals surface area contributed by atoms with E-state index in [4.69, 9.17) is 0 Å². The summed E-state index contributed by atoms with van der Waals surface area (Å²) < 4.78 is 13.9. The Morgan fingerprint density at radius 2 is 2.12 bits per heavy atom. The Balaban J connectivity index is 2.20. The minimum Gasteiger partial charge on any atom is -0.371 e. The van der Waals surface area contributed by atoms with Gasteiger partial charge in [0, 0.05) is 36.9 Å². The van der Waals surface area contributed by atoms with Crippen molar-refractivity contribution in [3.8, 4) is 0 Å². The van der Waals surface area contributed by atoms with Crippen LogP contribution in [-0.2, 0) is 6.54 Å². The minimum atomic E-state index is -0.108. The zero-order valence-corrected chi connectivity index (χ0v) is 10.8. The molecule has 1 N–H and O–H groups in total. The van der Waals surface area contributed by atoms with Gasteiger partial charge in [-0.25, -0.2) is 4.39 Å². The first kappa shape index (κ1) is 12.4. The molecule has 0 aliphatic heterocycles. The predicted molar refractivity (Wildman–Crippen MR) is 69.8 cm³/mol. The molecule has 1 fully saturated rings. The van der Waals surface area contributed by atoms with Gasteiger partial charge in [-0.3, -0.25) is 0 Å². The average molecular weight is 236 g/mol. The molecule has 1 aliphatic rings. The molecule has 0 aromatic heterocycles. The summed E-state index contributed by atoms with van der Waals surface area (Å²) in [4.78, 5) is 2.21. The molecular formula is C14H21FN2. The smallest absolute Gasteiger partial charge is 0.129 e. The highest BCUT2D eigenvalue weighted by molar-refractivity contribution is 5.55. The molecule has 17 heavy (non-hydrogen) atoms.